The van der Waals surface area contributed by atoms with Gasteiger partial charge in [0.05, 0.1) is 27.9 Å². The average molecular weight is 504 g/mol. The summed E-state index contributed by atoms with van der Waals surface area (Å²) < 4.78 is 31.2. The van der Waals surface area contributed by atoms with E-state index in [1.165, 1.54) is 30.9 Å². The van der Waals surface area contributed by atoms with E-state index in [-0.39, 0.29) is 16.9 Å². The average Bonchev–Trinajstić information content (AvgIpc) is 3.33. The van der Waals surface area contributed by atoms with E-state index in [1.54, 1.807) is 34.0 Å². The smallest absolute Gasteiger partial charge is 0.255 e. The number of nitrogens with zero attached hydrogens (tertiary/aromatic N) is 7. The Morgan fingerprint density at radius 3 is 2.56 bits per heavy atom. The summed E-state index contributed by atoms with van der Waals surface area (Å²) >= 11 is 0. The molecule has 1 aromatic carbocycles. The monoisotopic (exact) mass is 503 g/mol. The van der Waals surface area contributed by atoms with Gasteiger partial charge in [0.2, 0.25) is 5.88 Å². The Morgan fingerprint density at radius 2 is 1.86 bits per heavy atom. The number of carbonyl (C=O) groups is 1. The van der Waals surface area contributed by atoms with Gasteiger partial charge in [-0.05, 0) is 30.3 Å². The predicted molar refractivity (Wildman–Crippen MR) is 128 cm³/mol. The highest BCUT2D eigenvalue weighted by Gasteiger charge is 2.26. The zero-order valence-electron chi connectivity index (χ0n) is 19.3. The van der Waals surface area contributed by atoms with Crippen LogP contribution in [0, 0.1) is 11.3 Å². The fourth-order valence-corrected chi connectivity index (χ4v) is 4.71. The van der Waals surface area contributed by atoms with E-state index >= 15 is 0 Å². The standard InChI is InChI=1S/C24H21N7O4S/c1-36(33,34)20-4-2-18(3-5-20)31-22-21(14-29-31)23(28-15-27-22)35-19-6-8-30(9-7-19)24(32)17-10-16(11-25)12-26-13-17/h2-5,10,12-15,19H,6-9H2,1H3. The molecule has 0 saturated carbocycles. The Kier molecular flexibility index (Phi) is 6.07. The van der Waals surface area contributed by atoms with Gasteiger partial charge in [-0.3, -0.25) is 9.78 Å². The van der Waals surface area contributed by atoms with Gasteiger partial charge in [-0.1, -0.05) is 0 Å². The van der Waals surface area contributed by atoms with Crippen molar-refractivity contribution in [3.05, 3.63) is 66.4 Å². The Bertz CT molecular complexity index is 1590. The number of likely N-dealkylation sites (tertiary alicyclic amines) is 1. The van der Waals surface area contributed by atoms with Crippen molar-refractivity contribution >= 4 is 26.8 Å². The molecule has 1 fully saturated rings. The second-order valence-electron chi connectivity index (χ2n) is 8.42. The third-order valence-corrected chi connectivity index (χ3v) is 7.09. The van der Waals surface area contributed by atoms with E-state index in [1.807, 2.05) is 6.07 Å². The maximum Gasteiger partial charge on any atom is 0.255 e. The van der Waals surface area contributed by atoms with Crippen LogP contribution in [0.5, 0.6) is 5.88 Å². The Hall–Kier alpha value is -4.37. The van der Waals surface area contributed by atoms with Crippen molar-refractivity contribution in [2.45, 2.75) is 23.8 Å². The number of piperidine rings is 1. The molecule has 0 unspecified atom stereocenters. The minimum Gasteiger partial charge on any atom is -0.474 e. The fraction of sp³-hybridized carbons (Fsp3) is 0.250. The first-order valence-corrected chi connectivity index (χ1v) is 13.0. The van der Waals surface area contributed by atoms with E-state index in [9.17, 15) is 13.2 Å². The van der Waals surface area contributed by atoms with Gasteiger partial charge < -0.3 is 9.64 Å². The normalized spacial score (nSPS) is 14.5. The first-order chi connectivity index (χ1) is 17.3. The maximum atomic E-state index is 12.8. The SMILES string of the molecule is CS(=O)(=O)c1ccc(-n2ncc3c(OC4CCN(C(=O)c5cncc(C#N)c5)CC4)ncnc32)cc1. The van der Waals surface area contributed by atoms with Gasteiger partial charge in [-0.15, -0.1) is 0 Å². The molecule has 36 heavy (non-hydrogen) atoms. The first-order valence-electron chi connectivity index (χ1n) is 11.1. The van der Waals surface area contributed by atoms with Crippen molar-refractivity contribution in [3.63, 3.8) is 0 Å². The summed E-state index contributed by atoms with van der Waals surface area (Å²) in [5, 5.41) is 14.1. The van der Waals surface area contributed by atoms with E-state index in [2.05, 4.69) is 20.1 Å². The van der Waals surface area contributed by atoms with Gasteiger partial charge in [-0.25, -0.2) is 23.1 Å². The summed E-state index contributed by atoms with van der Waals surface area (Å²) in [7, 11) is -3.30. The van der Waals surface area contributed by atoms with Gasteiger partial charge in [0.1, 0.15) is 23.9 Å². The second kappa shape index (κ2) is 9.35. The van der Waals surface area contributed by atoms with Crippen molar-refractivity contribution in [1.29, 1.82) is 5.26 Å². The molecular formula is C24H21N7O4S. The number of ether oxygens (including phenoxy) is 1. The predicted octanol–water partition coefficient (Wildman–Crippen LogP) is 2.17. The zero-order chi connectivity index (χ0) is 25.3. The highest BCUT2D eigenvalue weighted by atomic mass is 32.2. The zero-order valence-corrected chi connectivity index (χ0v) is 20.1. The molecule has 0 aliphatic carbocycles. The van der Waals surface area contributed by atoms with Crippen LogP contribution >= 0.6 is 0 Å². The molecule has 11 nitrogen and oxygen atoms in total. The number of nitriles is 1. The summed E-state index contributed by atoms with van der Waals surface area (Å²) in [6, 6.07) is 9.93. The number of aromatic nitrogens is 5. The van der Waals surface area contributed by atoms with E-state index in [4.69, 9.17) is 10.00 Å². The van der Waals surface area contributed by atoms with Crippen molar-refractivity contribution in [2.24, 2.45) is 0 Å². The molecule has 4 aromatic rings. The lowest BCUT2D eigenvalue weighted by Gasteiger charge is -2.32. The van der Waals surface area contributed by atoms with Gasteiger partial charge >= 0.3 is 0 Å². The van der Waals surface area contributed by atoms with Crippen LogP contribution in [0.2, 0.25) is 0 Å². The van der Waals surface area contributed by atoms with Gasteiger partial charge in [0.15, 0.2) is 15.5 Å². The van der Waals surface area contributed by atoms with Crippen LogP contribution < -0.4 is 4.74 Å². The molecule has 1 amide bonds. The summed E-state index contributed by atoms with van der Waals surface area (Å²) in [5.74, 6) is 0.236. The van der Waals surface area contributed by atoms with Crippen LogP contribution in [-0.2, 0) is 9.84 Å². The highest BCUT2D eigenvalue weighted by Crippen LogP contribution is 2.27. The van der Waals surface area contributed by atoms with E-state index in [0.717, 1.165) is 6.26 Å². The number of hydrogen-bond donors (Lipinski definition) is 0. The van der Waals surface area contributed by atoms with Crippen LogP contribution in [-0.4, -0.2) is 69.4 Å². The number of carbonyl (C=O) groups excluding carboxylic acids is 1. The Labute approximate surface area is 206 Å². The molecule has 182 valence electrons. The van der Waals surface area contributed by atoms with Crippen molar-refractivity contribution in [1.82, 2.24) is 29.6 Å². The minimum atomic E-state index is -3.30. The molecule has 0 bridgehead atoms. The topological polar surface area (TPSA) is 144 Å². The van der Waals surface area contributed by atoms with Crippen LogP contribution in [0.3, 0.4) is 0 Å². The molecule has 1 aliphatic heterocycles. The molecule has 5 rings (SSSR count). The second-order valence-corrected chi connectivity index (χ2v) is 10.4. The van der Waals surface area contributed by atoms with Crippen molar-refractivity contribution in [2.75, 3.05) is 19.3 Å². The maximum absolute atomic E-state index is 12.8. The van der Waals surface area contributed by atoms with Gasteiger partial charge in [0, 0.05) is 44.6 Å². The molecular weight excluding hydrogens is 482 g/mol. The summed E-state index contributed by atoms with van der Waals surface area (Å²) in [5.41, 5.74) is 1.93. The molecule has 0 atom stereocenters. The molecule has 3 aromatic heterocycles. The van der Waals surface area contributed by atoms with Crippen LogP contribution in [0.1, 0.15) is 28.8 Å². The lowest BCUT2D eigenvalue weighted by atomic mass is 10.1. The largest absolute Gasteiger partial charge is 0.474 e. The number of pyridine rings is 1. The highest BCUT2D eigenvalue weighted by molar-refractivity contribution is 7.90. The molecule has 0 spiro atoms. The third-order valence-electron chi connectivity index (χ3n) is 5.96. The lowest BCUT2D eigenvalue weighted by Crippen LogP contribution is -2.41. The van der Waals surface area contributed by atoms with E-state index in [0.29, 0.717) is 59.7 Å². The Balaban J connectivity index is 1.29. The van der Waals surface area contributed by atoms with Crippen LogP contribution in [0.25, 0.3) is 16.7 Å². The van der Waals surface area contributed by atoms with Crippen LogP contribution in [0.4, 0.5) is 0 Å². The minimum absolute atomic E-state index is 0.145. The number of fused-ring (bicyclic) bond motifs is 1. The summed E-state index contributed by atoms with van der Waals surface area (Å²) in [6.07, 6.45) is 8.15. The molecule has 1 saturated heterocycles. The Morgan fingerprint density at radius 1 is 1.11 bits per heavy atom. The number of amides is 1. The number of hydrogen-bond acceptors (Lipinski definition) is 9. The summed E-state index contributed by atoms with van der Waals surface area (Å²) in [4.78, 5) is 27.3. The molecule has 1 aliphatic rings. The van der Waals surface area contributed by atoms with Gasteiger partial charge in [0.25, 0.3) is 5.91 Å². The van der Waals surface area contributed by atoms with Crippen molar-refractivity contribution < 1.29 is 17.9 Å². The van der Waals surface area contributed by atoms with E-state index < -0.39 is 9.84 Å². The third kappa shape index (κ3) is 4.60. The molecule has 12 heteroatoms. The molecule has 0 N–H and O–H groups in total. The molecule has 0 radical (unpaired) electrons. The first kappa shape index (κ1) is 23.4. The number of rotatable bonds is 5. The van der Waals surface area contributed by atoms with Gasteiger partial charge in [-0.2, -0.15) is 10.4 Å². The van der Waals surface area contributed by atoms with Crippen molar-refractivity contribution in [3.8, 4) is 17.6 Å². The molecule has 4 heterocycles. The number of benzene rings is 1. The number of sulfone groups is 1. The quantitative estimate of drug-likeness (QED) is 0.400. The lowest BCUT2D eigenvalue weighted by molar-refractivity contribution is 0.0590. The summed E-state index contributed by atoms with van der Waals surface area (Å²) in [6.45, 7) is 1.00. The fourth-order valence-electron chi connectivity index (χ4n) is 4.08. The van der Waals surface area contributed by atoms with Crippen LogP contribution in [0.15, 0.2) is 60.1 Å².